The van der Waals surface area contributed by atoms with E-state index in [4.69, 9.17) is 5.73 Å². The zero-order chi connectivity index (χ0) is 10.4. The van der Waals surface area contributed by atoms with Gasteiger partial charge in [0.1, 0.15) is 9.84 Å². The van der Waals surface area contributed by atoms with Gasteiger partial charge in [0.2, 0.25) is 0 Å². The number of hydrogen-bond donors (Lipinski definition) is 2. The molecule has 1 spiro atoms. The number of nitrogens with two attached hydrogens (primary N) is 1. The monoisotopic (exact) mass is 219 g/mol. The minimum Gasteiger partial charge on any atom is -0.396 e. The van der Waals surface area contributed by atoms with Crippen LogP contribution < -0.4 is 5.73 Å². The van der Waals surface area contributed by atoms with Crippen LogP contribution in [0.1, 0.15) is 19.3 Å². The molecule has 82 valence electrons. The van der Waals surface area contributed by atoms with Crippen LogP contribution in [0.2, 0.25) is 0 Å². The Morgan fingerprint density at radius 1 is 1.29 bits per heavy atom. The Kier molecular flexibility index (Phi) is 2.18. The molecule has 0 aromatic carbocycles. The summed E-state index contributed by atoms with van der Waals surface area (Å²) in [7, 11) is -2.80. The zero-order valence-electron chi connectivity index (χ0n) is 8.20. The van der Waals surface area contributed by atoms with Crippen LogP contribution in [0, 0.1) is 10.8 Å². The maximum Gasteiger partial charge on any atom is 0.150 e. The molecule has 1 saturated carbocycles. The van der Waals surface area contributed by atoms with E-state index in [1.54, 1.807) is 0 Å². The molecule has 0 aromatic rings. The van der Waals surface area contributed by atoms with Crippen LogP contribution in [0.25, 0.3) is 0 Å². The highest BCUT2D eigenvalue weighted by atomic mass is 32.2. The summed E-state index contributed by atoms with van der Waals surface area (Å²) >= 11 is 0. The molecule has 1 heterocycles. The maximum absolute atomic E-state index is 11.3. The van der Waals surface area contributed by atoms with Crippen molar-refractivity contribution in [3.05, 3.63) is 0 Å². The van der Waals surface area contributed by atoms with Crippen LogP contribution in [-0.2, 0) is 9.84 Å². The van der Waals surface area contributed by atoms with E-state index >= 15 is 0 Å². The van der Waals surface area contributed by atoms with Gasteiger partial charge in [-0.15, -0.1) is 0 Å². The number of rotatable bonds is 2. The minimum atomic E-state index is -2.80. The van der Waals surface area contributed by atoms with Crippen LogP contribution in [0.5, 0.6) is 0 Å². The third kappa shape index (κ3) is 1.30. The fourth-order valence-electron chi connectivity index (χ4n) is 2.82. The Balaban J connectivity index is 2.10. The molecule has 1 aliphatic carbocycles. The number of aliphatic hydroxyl groups excluding tert-OH is 1. The summed E-state index contributed by atoms with van der Waals surface area (Å²) in [5, 5.41) is 9.27. The molecule has 1 unspecified atom stereocenters. The van der Waals surface area contributed by atoms with E-state index in [-0.39, 0.29) is 28.9 Å². The molecule has 2 fully saturated rings. The quantitative estimate of drug-likeness (QED) is 0.657. The smallest absolute Gasteiger partial charge is 0.150 e. The normalized spacial score (nSPS) is 38.4. The molecule has 2 aliphatic rings. The van der Waals surface area contributed by atoms with E-state index in [2.05, 4.69) is 0 Å². The topological polar surface area (TPSA) is 80.4 Å². The Bertz CT molecular complexity index is 318. The van der Waals surface area contributed by atoms with Crippen molar-refractivity contribution in [1.29, 1.82) is 0 Å². The summed E-state index contributed by atoms with van der Waals surface area (Å²) in [6.07, 6.45) is 2.28. The van der Waals surface area contributed by atoms with E-state index in [1.165, 1.54) is 0 Å². The first-order valence-corrected chi connectivity index (χ1v) is 6.83. The molecule has 0 aromatic heterocycles. The Hall–Kier alpha value is -0.130. The Morgan fingerprint density at radius 2 is 1.86 bits per heavy atom. The lowest BCUT2D eigenvalue weighted by molar-refractivity contribution is 0.168. The van der Waals surface area contributed by atoms with E-state index < -0.39 is 9.84 Å². The molecule has 0 bridgehead atoms. The first-order chi connectivity index (χ1) is 6.49. The summed E-state index contributed by atoms with van der Waals surface area (Å²) in [5.74, 6) is 0.545. The third-order valence-electron chi connectivity index (χ3n) is 4.15. The number of aliphatic hydroxyl groups is 1. The van der Waals surface area contributed by atoms with Gasteiger partial charge in [-0.1, -0.05) is 0 Å². The summed E-state index contributed by atoms with van der Waals surface area (Å²) in [4.78, 5) is 0. The van der Waals surface area contributed by atoms with Gasteiger partial charge in [0.15, 0.2) is 0 Å². The molecule has 5 heteroatoms. The van der Waals surface area contributed by atoms with Gasteiger partial charge in [-0.2, -0.15) is 0 Å². The van der Waals surface area contributed by atoms with E-state index in [0.29, 0.717) is 19.4 Å². The summed E-state index contributed by atoms with van der Waals surface area (Å²) in [6.45, 7) is 0.576. The van der Waals surface area contributed by atoms with Gasteiger partial charge in [-0.25, -0.2) is 8.42 Å². The van der Waals surface area contributed by atoms with Crippen LogP contribution in [0.4, 0.5) is 0 Å². The summed E-state index contributed by atoms with van der Waals surface area (Å²) < 4.78 is 22.5. The van der Waals surface area contributed by atoms with Gasteiger partial charge < -0.3 is 10.8 Å². The SMILES string of the molecule is NCC1(CO)CC12CCS(=O)(=O)CC2. The van der Waals surface area contributed by atoms with Crippen LogP contribution >= 0.6 is 0 Å². The van der Waals surface area contributed by atoms with Crippen molar-refractivity contribution in [3.63, 3.8) is 0 Å². The van der Waals surface area contributed by atoms with E-state index in [0.717, 1.165) is 6.42 Å². The molecular formula is C9H17NO3S. The van der Waals surface area contributed by atoms with Crippen molar-refractivity contribution >= 4 is 9.84 Å². The second-order valence-corrected chi connectivity index (χ2v) is 7.06. The van der Waals surface area contributed by atoms with Crippen LogP contribution in [0.15, 0.2) is 0 Å². The van der Waals surface area contributed by atoms with Crippen LogP contribution in [-0.4, -0.2) is 38.2 Å². The Morgan fingerprint density at radius 3 is 2.21 bits per heavy atom. The minimum absolute atomic E-state index is 0.0435. The predicted molar refractivity (Wildman–Crippen MR) is 53.5 cm³/mol. The van der Waals surface area contributed by atoms with E-state index in [9.17, 15) is 13.5 Å². The molecule has 1 aliphatic heterocycles. The first kappa shape index (κ1) is 10.4. The van der Waals surface area contributed by atoms with Gasteiger partial charge in [0.05, 0.1) is 18.1 Å². The molecule has 1 atom stereocenters. The molecule has 1 saturated heterocycles. The molecule has 14 heavy (non-hydrogen) atoms. The largest absolute Gasteiger partial charge is 0.396 e. The lowest BCUT2D eigenvalue weighted by atomic mass is 9.88. The molecular weight excluding hydrogens is 202 g/mol. The van der Waals surface area contributed by atoms with Gasteiger partial charge >= 0.3 is 0 Å². The predicted octanol–water partition coefficient (Wildman–Crippen LogP) is -0.478. The second kappa shape index (κ2) is 2.93. The maximum atomic E-state index is 11.3. The number of sulfone groups is 1. The molecule has 0 radical (unpaired) electrons. The first-order valence-electron chi connectivity index (χ1n) is 5.01. The van der Waals surface area contributed by atoms with E-state index in [1.807, 2.05) is 0 Å². The van der Waals surface area contributed by atoms with Gasteiger partial charge in [-0.3, -0.25) is 0 Å². The fraction of sp³-hybridized carbons (Fsp3) is 1.00. The summed E-state index contributed by atoms with van der Waals surface area (Å²) in [6, 6.07) is 0. The van der Waals surface area contributed by atoms with Crippen molar-refractivity contribution in [1.82, 2.24) is 0 Å². The van der Waals surface area contributed by atoms with Gasteiger partial charge in [0, 0.05) is 12.0 Å². The highest BCUT2D eigenvalue weighted by Crippen LogP contribution is 2.68. The number of hydrogen-bond acceptors (Lipinski definition) is 4. The molecule has 0 amide bonds. The van der Waals surface area contributed by atoms with Gasteiger partial charge in [-0.05, 0) is 24.7 Å². The lowest BCUT2D eigenvalue weighted by Gasteiger charge is -2.27. The fourth-order valence-corrected chi connectivity index (χ4v) is 4.42. The van der Waals surface area contributed by atoms with Crippen molar-refractivity contribution in [2.75, 3.05) is 24.7 Å². The molecule has 4 nitrogen and oxygen atoms in total. The average Bonchev–Trinajstić information content (AvgIpc) is 2.81. The van der Waals surface area contributed by atoms with Crippen LogP contribution in [0.3, 0.4) is 0 Å². The zero-order valence-corrected chi connectivity index (χ0v) is 9.02. The molecule has 2 rings (SSSR count). The van der Waals surface area contributed by atoms with Crippen molar-refractivity contribution in [2.45, 2.75) is 19.3 Å². The summed E-state index contributed by atoms with van der Waals surface area (Å²) in [5.41, 5.74) is 5.52. The highest BCUT2D eigenvalue weighted by Gasteiger charge is 2.66. The third-order valence-corrected chi connectivity index (χ3v) is 5.81. The van der Waals surface area contributed by atoms with Crippen molar-refractivity contribution in [2.24, 2.45) is 16.6 Å². The van der Waals surface area contributed by atoms with Gasteiger partial charge in [0.25, 0.3) is 0 Å². The Labute approximate surface area is 84.4 Å². The highest BCUT2D eigenvalue weighted by molar-refractivity contribution is 7.91. The average molecular weight is 219 g/mol. The van der Waals surface area contributed by atoms with Crippen molar-refractivity contribution in [3.8, 4) is 0 Å². The molecule has 3 N–H and O–H groups in total. The lowest BCUT2D eigenvalue weighted by Crippen LogP contribution is -2.33. The van der Waals surface area contributed by atoms with Crippen molar-refractivity contribution < 1.29 is 13.5 Å². The second-order valence-electron chi connectivity index (χ2n) is 4.75. The standard InChI is InChI=1S/C9H17NO3S/c10-6-9(7-11)5-8(9)1-3-14(12,13)4-2-8/h11H,1-7,10H2.